The van der Waals surface area contributed by atoms with Gasteiger partial charge in [-0.05, 0) is 12.8 Å². The minimum Gasteiger partial charge on any atom is -0.394 e. The lowest BCUT2D eigenvalue weighted by Gasteiger charge is -2.33. The zero-order chi connectivity index (χ0) is 22.0. The molecule has 174 valence electrons. The fraction of sp³-hybridized carbons (Fsp3) is 0.957. The summed E-state index contributed by atoms with van der Waals surface area (Å²) >= 11 is 0. The second-order valence-electron chi connectivity index (χ2n) is 8.72. The average molecular weight is 418 g/mol. The molecule has 0 aliphatic heterocycles. The maximum absolute atomic E-state index is 12.0. The zero-order valence-corrected chi connectivity index (χ0v) is 18.7. The number of amides is 1. The maximum Gasteiger partial charge on any atom is 0.223 e. The number of carbonyl (C=O) groups is 1. The van der Waals surface area contributed by atoms with Crippen molar-refractivity contribution in [2.75, 3.05) is 6.61 Å². The first-order chi connectivity index (χ1) is 13.9. The third-order valence-corrected chi connectivity index (χ3v) is 5.94. The molecule has 0 bridgehead atoms. The van der Waals surface area contributed by atoms with Gasteiger partial charge in [0.1, 0.15) is 0 Å². The van der Waals surface area contributed by atoms with E-state index in [1.165, 1.54) is 70.6 Å². The standard InChI is InChI=1S/C23H47NO5/c1-2-3-4-5-6-7-8-9-10-11-12-13-14-15-16-23(22(24)29,18-21(27)28)17-20(26)19-25/h20-21,25-28H,2-19H2,1H3,(H2,24,29). The molecule has 6 nitrogen and oxygen atoms in total. The fourth-order valence-corrected chi connectivity index (χ4v) is 4.13. The quantitative estimate of drug-likeness (QED) is 0.144. The summed E-state index contributed by atoms with van der Waals surface area (Å²) in [4.78, 5) is 12.0. The molecule has 0 aliphatic carbocycles. The normalized spacial score (nSPS) is 14.8. The van der Waals surface area contributed by atoms with Crippen molar-refractivity contribution in [3.8, 4) is 0 Å². The Hall–Kier alpha value is -0.690. The lowest BCUT2D eigenvalue weighted by Crippen LogP contribution is -2.43. The van der Waals surface area contributed by atoms with Crippen molar-refractivity contribution in [1.29, 1.82) is 0 Å². The number of hydrogen-bond donors (Lipinski definition) is 5. The molecular weight excluding hydrogens is 370 g/mol. The van der Waals surface area contributed by atoms with E-state index in [2.05, 4.69) is 6.92 Å². The monoisotopic (exact) mass is 417 g/mol. The van der Waals surface area contributed by atoms with Gasteiger partial charge >= 0.3 is 0 Å². The number of carbonyl (C=O) groups excluding carboxylic acids is 1. The number of nitrogens with two attached hydrogens (primary N) is 1. The second kappa shape index (κ2) is 18.1. The number of hydrogen-bond acceptors (Lipinski definition) is 5. The van der Waals surface area contributed by atoms with Crippen molar-refractivity contribution in [3.05, 3.63) is 0 Å². The molecule has 0 fully saturated rings. The second-order valence-corrected chi connectivity index (χ2v) is 8.72. The highest BCUT2D eigenvalue weighted by atomic mass is 16.5. The van der Waals surface area contributed by atoms with Crippen molar-refractivity contribution in [1.82, 2.24) is 0 Å². The molecule has 0 radical (unpaired) electrons. The summed E-state index contributed by atoms with van der Waals surface area (Å²) in [5, 5.41) is 37.5. The van der Waals surface area contributed by atoms with Crippen molar-refractivity contribution in [2.45, 2.75) is 128 Å². The summed E-state index contributed by atoms with van der Waals surface area (Å²) in [6.45, 7) is 1.77. The molecule has 6 N–H and O–H groups in total. The molecular formula is C23H47NO5. The molecule has 0 aromatic rings. The maximum atomic E-state index is 12.0. The first kappa shape index (κ1) is 28.3. The third kappa shape index (κ3) is 14.9. The first-order valence-corrected chi connectivity index (χ1v) is 11.8. The van der Waals surface area contributed by atoms with Gasteiger partial charge in [0.25, 0.3) is 0 Å². The summed E-state index contributed by atoms with van der Waals surface area (Å²) in [5.41, 5.74) is 4.34. The minimum absolute atomic E-state index is 0.0467. The van der Waals surface area contributed by atoms with Crippen LogP contribution >= 0.6 is 0 Å². The van der Waals surface area contributed by atoms with Crippen LogP contribution in [0, 0.1) is 5.41 Å². The van der Waals surface area contributed by atoms with E-state index >= 15 is 0 Å². The van der Waals surface area contributed by atoms with E-state index in [4.69, 9.17) is 10.8 Å². The average Bonchev–Trinajstić information content (AvgIpc) is 2.67. The van der Waals surface area contributed by atoms with Crippen LogP contribution in [0.4, 0.5) is 0 Å². The van der Waals surface area contributed by atoms with Crippen LogP contribution in [0.15, 0.2) is 0 Å². The Morgan fingerprint density at radius 1 is 0.759 bits per heavy atom. The van der Waals surface area contributed by atoms with Gasteiger partial charge in [-0.3, -0.25) is 4.79 Å². The zero-order valence-electron chi connectivity index (χ0n) is 18.7. The molecule has 6 heteroatoms. The Kier molecular flexibility index (Phi) is 17.7. The van der Waals surface area contributed by atoms with Gasteiger partial charge in [0.15, 0.2) is 6.29 Å². The van der Waals surface area contributed by atoms with Crippen LogP contribution in [0.5, 0.6) is 0 Å². The molecule has 2 atom stereocenters. The molecule has 2 unspecified atom stereocenters. The summed E-state index contributed by atoms with van der Waals surface area (Å²) in [6, 6.07) is 0. The van der Waals surface area contributed by atoms with Crippen LogP contribution in [0.1, 0.15) is 116 Å². The molecule has 0 saturated carbocycles. The topological polar surface area (TPSA) is 124 Å². The molecule has 0 aromatic carbocycles. The first-order valence-electron chi connectivity index (χ1n) is 11.8. The predicted octanol–water partition coefficient (Wildman–Crippen LogP) is 3.77. The van der Waals surface area contributed by atoms with Crippen LogP contribution in [0.3, 0.4) is 0 Å². The molecule has 0 saturated heterocycles. The lowest BCUT2D eigenvalue weighted by molar-refractivity contribution is -0.140. The highest BCUT2D eigenvalue weighted by molar-refractivity contribution is 5.80. The smallest absolute Gasteiger partial charge is 0.223 e. The van der Waals surface area contributed by atoms with E-state index in [0.717, 1.165) is 19.3 Å². The lowest BCUT2D eigenvalue weighted by atomic mass is 9.74. The van der Waals surface area contributed by atoms with Crippen molar-refractivity contribution in [2.24, 2.45) is 11.1 Å². The highest BCUT2D eigenvalue weighted by Gasteiger charge is 2.39. The minimum atomic E-state index is -1.67. The van der Waals surface area contributed by atoms with E-state index in [1.54, 1.807) is 0 Å². The van der Waals surface area contributed by atoms with Crippen LogP contribution in [0.25, 0.3) is 0 Å². The SMILES string of the molecule is CCCCCCCCCCCCCCCCC(CC(O)O)(CC(O)CO)C(N)=O. The van der Waals surface area contributed by atoms with E-state index in [0.29, 0.717) is 6.42 Å². The van der Waals surface area contributed by atoms with Crippen molar-refractivity contribution < 1.29 is 25.2 Å². The van der Waals surface area contributed by atoms with Gasteiger partial charge in [-0.2, -0.15) is 0 Å². The number of aliphatic hydroxyl groups is 4. The largest absolute Gasteiger partial charge is 0.394 e. The van der Waals surface area contributed by atoms with E-state index in [-0.39, 0.29) is 12.8 Å². The van der Waals surface area contributed by atoms with E-state index in [1.807, 2.05) is 0 Å². The molecule has 0 spiro atoms. The Bertz CT molecular complexity index is 391. The Balaban J connectivity index is 3.91. The van der Waals surface area contributed by atoms with Gasteiger partial charge < -0.3 is 26.2 Å². The van der Waals surface area contributed by atoms with Gasteiger partial charge in [-0.15, -0.1) is 0 Å². The van der Waals surface area contributed by atoms with E-state index < -0.39 is 30.3 Å². The summed E-state index contributed by atoms with van der Waals surface area (Å²) < 4.78 is 0. The summed E-state index contributed by atoms with van der Waals surface area (Å²) in [7, 11) is 0. The van der Waals surface area contributed by atoms with Crippen LogP contribution in [-0.4, -0.2) is 45.3 Å². The van der Waals surface area contributed by atoms with Crippen molar-refractivity contribution in [3.63, 3.8) is 0 Å². The molecule has 1 amide bonds. The number of rotatable bonds is 21. The summed E-state index contributed by atoms with van der Waals surface area (Å²) in [6.07, 6.45) is 14.6. The summed E-state index contributed by atoms with van der Waals surface area (Å²) in [5.74, 6) is -0.646. The van der Waals surface area contributed by atoms with Gasteiger partial charge in [0.05, 0.1) is 18.1 Å². The fourth-order valence-electron chi connectivity index (χ4n) is 4.13. The highest BCUT2D eigenvalue weighted by Crippen LogP contribution is 2.35. The number of unbranched alkanes of at least 4 members (excludes halogenated alkanes) is 13. The predicted molar refractivity (Wildman–Crippen MR) is 117 cm³/mol. The van der Waals surface area contributed by atoms with Gasteiger partial charge in [-0.1, -0.05) is 96.8 Å². The molecule has 0 aliphatic rings. The van der Waals surface area contributed by atoms with Crippen LogP contribution in [0.2, 0.25) is 0 Å². The molecule has 0 aromatic heterocycles. The van der Waals surface area contributed by atoms with Crippen LogP contribution < -0.4 is 5.73 Å². The van der Waals surface area contributed by atoms with Crippen LogP contribution in [-0.2, 0) is 4.79 Å². The molecule has 0 heterocycles. The van der Waals surface area contributed by atoms with Gasteiger partial charge in [0, 0.05) is 6.42 Å². The van der Waals surface area contributed by atoms with E-state index in [9.17, 15) is 20.1 Å². The Morgan fingerprint density at radius 3 is 1.52 bits per heavy atom. The third-order valence-electron chi connectivity index (χ3n) is 5.94. The van der Waals surface area contributed by atoms with Gasteiger partial charge in [-0.25, -0.2) is 0 Å². The molecule has 29 heavy (non-hydrogen) atoms. The Morgan fingerprint density at radius 2 is 1.17 bits per heavy atom. The van der Waals surface area contributed by atoms with Gasteiger partial charge in [0.2, 0.25) is 5.91 Å². The number of aliphatic hydroxyl groups excluding tert-OH is 3. The van der Waals surface area contributed by atoms with Crippen molar-refractivity contribution >= 4 is 5.91 Å². The Labute approximate surface area is 177 Å². The number of primary amides is 1. The molecule has 0 rings (SSSR count).